The van der Waals surface area contributed by atoms with Crippen LogP contribution in [-0.4, -0.2) is 49.3 Å². The van der Waals surface area contributed by atoms with Crippen LogP contribution < -0.4 is 5.32 Å². The summed E-state index contributed by atoms with van der Waals surface area (Å²) < 4.78 is 5.89. The van der Waals surface area contributed by atoms with Crippen LogP contribution in [0.1, 0.15) is 18.5 Å². The van der Waals surface area contributed by atoms with E-state index >= 15 is 0 Å². The van der Waals surface area contributed by atoms with Gasteiger partial charge in [-0.05, 0) is 31.3 Å². The van der Waals surface area contributed by atoms with Crippen LogP contribution in [0.4, 0.5) is 0 Å². The Labute approximate surface area is 103 Å². The van der Waals surface area contributed by atoms with E-state index in [1.807, 2.05) is 19.4 Å². The van der Waals surface area contributed by atoms with Crippen LogP contribution in [0.3, 0.4) is 0 Å². The van der Waals surface area contributed by atoms with Crippen molar-refractivity contribution in [3.05, 3.63) is 30.1 Å². The van der Waals surface area contributed by atoms with Gasteiger partial charge in [-0.1, -0.05) is 6.92 Å². The molecule has 2 heterocycles. The molecule has 0 amide bonds. The van der Waals surface area contributed by atoms with Gasteiger partial charge in [0, 0.05) is 25.5 Å². The molecular formula is C13H21N3O. The molecule has 1 N–H and O–H groups in total. The average Bonchev–Trinajstić information content (AvgIpc) is 2.40. The van der Waals surface area contributed by atoms with E-state index in [-0.39, 0.29) is 6.10 Å². The van der Waals surface area contributed by atoms with E-state index in [9.17, 15) is 0 Å². The van der Waals surface area contributed by atoms with Gasteiger partial charge in [0.05, 0.1) is 18.8 Å². The maximum Gasteiger partial charge on any atom is 0.0896 e. The summed E-state index contributed by atoms with van der Waals surface area (Å²) in [4.78, 5) is 6.56. The Hall–Kier alpha value is -0.970. The number of ether oxygens (including phenoxy) is 1. The zero-order valence-corrected chi connectivity index (χ0v) is 10.6. The van der Waals surface area contributed by atoms with Gasteiger partial charge in [-0.15, -0.1) is 0 Å². The van der Waals surface area contributed by atoms with Crippen LogP contribution in [-0.2, 0) is 4.74 Å². The standard InChI is InChI=1S/C13H21N3O/c1-3-16-8-9-17-12(10-14-2)13(16)11-4-6-15-7-5-11/h4-7,12-14H,3,8-10H2,1-2H3. The Kier molecular flexibility index (Phi) is 4.48. The van der Waals surface area contributed by atoms with Crippen molar-refractivity contribution in [2.24, 2.45) is 0 Å². The van der Waals surface area contributed by atoms with Gasteiger partial charge in [-0.2, -0.15) is 0 Å². The van der Waals surface area contributed by atoms with Gasteiger partial charge in [-0.25, -0.2) is 0 Å². The molecule has 1 saturated heterocycles. The highest BCUT2D eigenvalue weighted by atomic mass is 16.5. The van der Waals surface area contributed by atoms with Gasteiger partial charge in [0.2, 0.25) is 0 Å². The van der Waals surface area contributed by atoms with E-state index in [0.29, 0.717) is 6.04 Å². The van der Waals surface area contributed by atoms with Crippen LogP contribution in [0, 0.1) is 0 Å². The predicted molar refractivity (Wildman–Crippen MR) is 67.9 cm³/mol. The second-order valence-corrected chi connectivity index (χ2v) is 4.32. The van der Waals surface area contributed by atoms with E-state index in [1.54, 1.807) is 0 Å². The van der Waals surface area contributed by atoms with Gasteiger partial charge in [0.15, 0.2) is 0 Å². The SMILES string of the molecule is CCN1CCOC(CNC)C1c1ccncc1. The zero-order valence-electron chi connectivity index (χ0n) is 10.6. The Balaban J connectivity index is 2.22. The summed E-state index contributed by atoms with van der Waals surface area (Å²) in [6, 6.07) is 4.51. The second-order valence-electron chi connectivity index (χ2n) is 4.32. The van der Waals surface area contributed by atoms with Crippen LogP contribution in [0.15, 0.2) is 24.5 Å². The lowest BCUT2D eigenvalue weighted by Gasteiger charge is -2.41. The molecule has 1 aromatic heterocycles. The van der Waals surface area contributed by atoms with Crippen molar-refractivity contribution in [2.75, 3.05) is 33.3 Å². The van der Waals surface area contributed by atoms with Crippen molar-refractivity contribution >= 4 is 0 Å². The summed E-state index contributed by atoms with van der Waals surface area (Å²) in [6.07, 6.45) is 3.93. The van der Waals surface area contributed by atoms with E-state index in [0.717, 1.165) is 26.2 Å². The maximum atomic E-state index is 5.89. The summed E-state index contributed by atoms with van der Waals surface area (Å²) in [7, 11) is 1.97. The minimum Gasteiger partial charge on any atom is -0.374 e. The minimum atomic E-state index is 0.219. The van der Waals surface area contributed by atoms with Gasteiger partial charge in [0.1, 0.15) is 0 Å². The maximum absolute atomic E-state index is 5.89. The Morgan fingerprint density at radius 1 is 1.47 bits per heavy atom. The Bertz CT molecular complexity index is 329. The van der Waals surface area contributed by atoms with Crippen LogP contribution in [0.2, 0.25) is 0 Å². The highest BCUT2D eigenvalue weighted by Gasteiger charge is 2.32. The molecular weight excluding hydrogens is 214 g/mol. The normalized spacial score (nSPS) is 26.0. The van der Waals surface area contributed by atoms with Crippen LogP contribution in [0.25, 0.3) is 0 Å². The topological polar surface area (TPSA) is 37.4 Å². The quantitative estimate of drug-likeness (QED) is 0.847. The molecule has 0 spiro atoms. The monoisotopic (exact) mass is 235 g/mol. The minimum absolute atomic E-state index is 0.219. The molecule has 1 aliphatic rings. The average molecular weight is 235 g/mol. The Morgan fingerprint density at radius 2 is 2.24 bits per heavy atom. The van der Waals surface area contributed by atoms with Crippen molar-refractivity contribution in [2.45, 2.75) is 19.1 Å². The van der Waals surface area contributed by atoms with Crippen molar-refractivity contribution in [1.82, 2.24) is 15.2 Å². The molecule has 0 aromatic carbocycles. The van der Waals surface area contributed by atoms with Gasteiger partial charge in [-0.3, -0.25) is 9.88 Å². The molecule has 0 aliphatic carbocycles. The van der Waals surface area contributed by atoms with Crippen LogP contribution in [0.5, 0.6) is 0 Å². The summed E-state index contributed by atoms with van der Waals surface area (Å²) in [5, 5.41) is 3.21. The number of hydrogen-bond acceptors (Lipinski definition) is 4. The van der Waals surface area contributed by atoms with Gasteiger partial charge >= 0.3 is 0 Å². The molecule has 0 radical (unpaired) electrons. The first-order valence-corrected chi connectivity index (χ1v) is 6.27. The van der Waals surface area contributed by atoms with Gasteiger partial charge in [0.25, 0.3) is 0 Å². The third-order valence-corrected chi connectivity index (χ3v) is 3.32. The molecule has 2 rings (SSSR count). The summed E-state index contributed by atoms with van der Waals surface area (Å²) in [5.41, 5.74) is 1.29. The van der Waals surface area contributed by atoms with E-state index in [2.05, 4.69) is 34.3 Å². The zero-order chi connectivity index (χ0) is 12.1. The molecule has 2 atom stereocenters. The first kappa shape index (κ1) is 12.5. The first-order valence-electron chi connectivity index (χ1n) is 6.27. The molecule has 1 fully saturated rings. The third-order valence-electron chi connectivity index (χ3n) is 3.32. The number of pyridine rings is 1. The molecule has 0 bridgehead atoms. The predicted octanol–water partition coefficient (Wildman–Crippen LogP) is 1.06. The Morgan fingerprint density at radius 3 is 2.88 bits per heavy atom. The fourth-order valence-electron chi connectivity index (χ4n) is 2.50. The first-order chi connectivity index (χ1) is 8.36. The highest BCUT2D eigenvalue weighted by molar-refractivity contribution is 5.17. The second kappa shape index (κ2) is 6.10. The molecule has 1 aliphatic heterocycles. The van der Waals surface area contributed by atoms with Crippen molar-refractivity contribution in [3.63, 3.8) is 0 Å². The van der Waals surface area contributed by atoms with Crippen molar-refractivity contribution in [3.8, 4) is 0 Å². The molecule has 1 aromatic rings. The lowest BCUT2D eigenvalue weighted by atomic mass is 9.99. The largest absolute Gasteiger partial charge is 0.374 e. The number of likely N-dealkylation sites (N-methyl/N-ethyl adjacent to an activating group) is 2. The number of morpholine rings is 1. The molecule has 94 valence electrons. The highest BCUT2D eigenvalue weighted by Crippen LogP contribution is 2.28. The van der Waals surface area contributed by atoms with E-state index in [4.69, 9.17) is 4.74 Å². The fourth-order valence-corrected chi connectivity index (χ4v) is 2.50. The molecule has 17 heavy (non-hydrogen) atoms. The third kappa shape index (κ3) is 2.83. The summed E-state index contributed by atoms with van der Waals surface area (Å²) in [5.74, 6) is 0. The van der Waals surface area contributed by atoms with E-state index in [1.165, 1.54) is 5.56 Å². The fraction of sp³-hybridized carbons (Fsp3) is 0.615. The molecule has 4 nitrogen and oxygen atoms in total. The molecule has 2 unspecified atom stereocenters. The lowest BCUT2D eigenvalue weighted by Crippen LogP contribution is -2.48. The number of aromatic nitrogens is 1. The smallest absolute Gasteiger partial charge is 0.0896 e. The molecule has 0 saturated carbocycles. The number of nitrogens with zero attached hydrogens (tertiary/aromatic N) is 2. The lowest BCUT2D eigenvalue weighted by molar-refractivity contribution is -0.0686. The van der Waals surface area contributed by atoms with Gasteiger partial charge < -0.3 is 10.1 Å². The summed E-state index contributed by atoms with van der Waals surface area (Å²) >= 11 is 0. The number of nitrogens with one attached hydrogen (secondary N) is 1. The number of hydrogen-bond donors (Lipinski definition) is 1. The van der Waals surface area contributed by atoms with E-state index < -0.39 is 0 Å². The molecule has 4 heteroatoms. The summed E-state index contributed by atoms with van der Waals surface area (Å²) in [6.45, 7) is 5.96. The number of rotatable bonds is 4. The van der Waals surface area contributed by atoms with Crippen molar-refractivity contribution < 1.29 is 4.74 Å². The van der Waals surface area contributed by atoms with Crippen molar-refractivity contribution in [1.29, 1.82) is 0 Å². The van der Waals surface area contributed by atoms with Crippen LogP contribution >= 0.6 is 0 Å².